The summed E-state index contributed by atoms with van der Waals surface area (Å²) in [6, 6.07) is 18.2. The number of likely N-dealkylation sites (N-methyl/N-ethyl adjacent to an activating group) is 1. The highest BCUT2D eigenvalue weighted by Gasteiger charge is 2.41. The summed E-state index contributed by atoms with van der Waals surface area (Å²) < 4.78 is 6.15. The molecule has 8 nitrogen and oxygen atoms in total. The molecule has 0 unspecified atom stereocenters. The average molecular weight is 568 g/mol. The van der Waals surface area contributed by atoms with E-state index in [-0.39, 0.29) is 23.8 Å². The van der Waals surface area contributed by atoms with E-state index in [1.54, 1.807) is 23.4 Å². The molecule has 0 bridgehead atoms. The van der Waals surface area contributed by atoms with E-state index >= 15 is 0 Å². The largest absolute Gasteiger partial charge is 0.384 e. The summed E-state index contributed by atoms with van der Waals surface area (Å²) in [6.45, 7) is 1.00. The quantitative estimate of drug-likeness (QED) is 0.196. The fourth-order valence-electron chi connectivity index (χ4n) is 4.66. The lowest BCUT2D eigenvalue weighted by Crippen LogP contribution is -2.52. The Hall–Kier alpha value is -3.24. The minimum Gasteiger partial charge on any atom is -0.384 e. The maximum atomic E-state index is 13.7. The van der Waals surface area contributed by atoms with Crippen LogP contribution in [0.4, 0.5) is 0 Å². The lowest BCUT2D eigenvalue weighted by atomic mass is 10.0. The average Bonchev–Trinajstić information content (AvgIpc) is 3.60. The van der Waals surface area contributed by atoms with E-state index in [9.17, 15) is 9.59 Å². The Labute approximate surface area is 238 Å². The molecule has 10 heteroatoms. The second kappa shape index (κ2) is 13.7. The Balaban J connectivity index is 1.43. The molecule has 39 heavy (non-hydrogen) atoms. The van der Waals surface area contributed by atoms with Gasteiger partial charge in [0.1, 0.15) is 11.9 Å². The molecular formula is C29H34ClN5O3S. The maximum Gasteiger partial charge on any atom is 0.243 e. The molecule has 1 fully saturated rings. The highest BCUT2D eigenvalue weighted by molar-refractivity contribution is 7.10. The van der Waals surface area contributed by atoms with Gasteiger partial charge in [0, 0.05) is 33.8 Å². The van der Waals surface area contributed by atoms with Gasteiger partial charge in [-0.2, -0.15) is 0 Å². The number of likely N-dealkylation sites (tertiary alicyclic amines) is 1. The summed E-state index contributed by atoms with van der Waals surface area (Å²) in [4.78, 5) is 29.6. The van der Waals surface area contributed by atoms with E-state index in [1.807, 2.05) is 54.6 Å². The van der Waals surface area contributed by atoms with Gasteiger partial charge in [0.2, 0.25) is 11.8 Å². The first-order valence-corrected chi connectivity index (χ1v) is 14.2. The Morgan fingerprint density at radius 1 is 1.18 bits per heavy atom. The number of carbonyl (C=O) groups is 2. The van der Waals surface area contributed by atoms with Crippen LogP contribution in [0.5, 0.6) is 0 Å². The van der Waals surface area contributed by atoms with Crippen LogP contribution in [-0.4, -0.2) is 54.3 Å². The van der Waals surface area contributed by atoms with Gasteiger partial charge in [-0.15, -0.1) is 11.3 Å². The van der Waals surface area contributed by atoms with Crippen LogP contribution in [0.25, 0.3) is 0 Å². The van der Waals surface area contributed by atoms with Gasteiger partial charge in [0.25, 0.3) is 0 Å². The zero-order valence-corrected chi connectivity index (χ0v) is 23.4. The van der Waals surface area contributed by atoms with Crippen LogP contribution in [0.1, 0.15) is 34.4 Å². The summed E-state index contributed by atoms with van der Waals surface area (Å²) in [5, 5.41) is 16.2. The third kappa shape index (κ3) is 7.89. The minimum atomic E-state index is -0.646. The van der Waals surface area contributed by atoms with Crippen molar-refractivity contribution in [3.05, 3.63) is 92.6 Å². The summed E-state index contributed by atoms with van der Waals surface area (Å²) in [5.41, 5.74) is 8.33. The predicted octanol–water partition coefficient (Wildman–Crippen LogP) is 3.71. The van der Waals surface area contributed by atoms with Crippen molar-refractivity contribution in [2.45, 2.75) is 50.6 Å². The van der Waals surface area contributed by atoms with Gasteiger partial charge in [-0.25, -0.2) is 0 Å². The standard InChI is InChI=1S/C29H34ClN5O3S/c1-33-25(12-9-19-5-3-2-4-6-19)29(37)35-16-23(38-17-20-7-10-22(30)11-8-20)14-26(35)28(36)34-15-24-13-21(18-39-24)27(31)32/h2-8,10-11,13,18,23,25-26,33H,9,12,14-17H2,1H3,(H3,31,32)(H,34,36)/t23-,25-,26-/m1/s1. The van der Waals surface area contributed by atoms with Crippen molar-refractivity contribution in [1.29, 1.82) is 5.41 Å². The first kappa shape index (κ1) is 28.8. The molecule has 1 aliphatic heterocycles. The van der Waals surface area contributed by atoms with Crippen molar-refractivity contribution in [3.8, 4) is 0 Å². The van der Waals surface area contributed by atoms with Crippen LogP contribution >= 0.6 is 22.9 Å². The Bertz CT molecular complexity index is 1270. The van der Waals surface area contributed by atoms with Crippen LogP contribution in [0.15, 0.2) is 66.0 Å². The number of nitrogen functional groups attached to an aromatic ring is 1. The summed E-state index contributed by atoms with van der Waals surface area (Å²) in [5.74, 6) is -0.344. The van der Waals surface area contributed by atoms with Crippen molar-refractivity contribution < 1.29 is 14.3 Å². The van der Waals surface area contributed by atoms with Crippen molar-refractivity contribution >= 4 is 40.6 Å². The number of ether oxygens (including phenoxy) is 1. The molecule has 2 heterocycles. The third-order valence-corrected chi connectivity index (χ3v) is 8.05. The Morgan fingerprint density at radius 2 is 1.92 bits per heavy atom. The topological polar surface area (TPSA) is 121 Å². The number of benzene rings is 2. The number of halogens is 1. The van der Waals surface area contributed by atoms with E-state index in [2.05, 4.69) is 10.6 Å². The Kier molecular flexibility index (Phi) is 10.1. The lowest BCUT2D eigenvalue weighted by Gasteiger charge is -2.28. The number of amidine groups is 1. The second-order valence-electron chi connectivity index (χ2n) is 9.60. The first-order chi connectivity index (χ1) is 18.8. The molecule has 3 aromatic rings. The van der Waals surface area contributed by atoms with Crippen molar-refractivity contribution in [2.75, 3.05) is 13.6 Å². The van der Waals surface area contributed by atoms with Crippen LogP contribution in [0, 0.1) is 5.41 Å². The predicted molar refractivity (Wildman–Crippen MR) is 155 cm³/mol. The lowest BCUT2D eigenvalue weighted by molar-refractivity contribution is -0.140. The molecule has 0 saturated carbocycles. The van der Waals surface area contributed by atoms with Crippen LogP contribution in [0.2, 0.25) is 5.02 Å². The van der Waals surface area contributed by atoms with E-state index in [4.69, 9.17) is 27.5 Å². The van der Waals surface area contributed by atoms with Gasteiger partial charge < -0.3 is 26.0 Å². The summed E-state index contributed by atoms with van der Waals surface area (Å²) in [7, 11) is 1.77. The molecule has 0 spiro atoms. The zero-order chi connectivity index (χ0) is 27.8. The van der Waals surface area contributed by atoms with E-state index in [0.29, 0.717) is 43.1 Å². The normalized spacial score (nSPS) is 17.6. The molecule has 3 atom stereocenters. The number of nitrogens with zero attached hydrogens (tertiary/aromatic N) is 1. The van der Waals surface area contributed by atoms with Gasteiger partial charge in [-0.3, -0.25) is 15.0 Å². The second-order valence-corrected chi connectivity index (χ2v) is 11.0. The van der Waals surface area contributed by atoms with E-state index in [0.717, 1.165) is 22.4 Å². The van der Waals surface area contributed by atoms with Gasteiger partial charge in [-0.1, -0.05) is 54.1 Å². The SMILES string of the molecule is CN[C@H](CCc1ccccc1)C(=O)N1C[C@H](OCc2ccc(Cl)cc2)C[C@@H]1C(=O)NCc1cc(C(=N)N)cs1. The van der Waals surface area contributed by atoms with Gasteiger partial charge in [0.15, 0.2) is 0 Å². The number of aryl methyl sites for hydroxylation is 1. The molecule has 0 aliphatic carbocycles. The van der Waals surface area contributed by atoms with Crippen LogP contribution in [-0.2, 0) is 33.9 Å². The Morgan fingerprint density at radius 3 is 2.59 bits per heavy atom. The molecule has 1 saturated heterocycles. The van der Waals surface area contributed by atoms with E-state index in [1.165, 1.54) is 11.3 Å². The summed E-state index contributed by atoms with van der Waals surface area (Å²) in [6.07, 6.45) is 1.49. The summed E-state index contributed by atoms with van der Waals surface area (Å²) >= 11 is 7.42. The van der Waals surface area contributed by atoms with Crippen LogP contribution in [0.3, 0.4) is 0 Å². The maximum absolute atomic E-state index is 13.7. The molecule has 1 aliphatic rings. The number of hydrogen-bond donors (Lipinski definition) is 4. The van der Waals surface area contributed by atoms with Gasteiger partial charge in [0.05, 0.1) is 25.3 Å². The molecule has 1 aromatic heterocycles. The van der Waals surface area contributed by atoms with Gasteiger partial charge >= 0.3 is 0 Å². The first-order valence-electron chi connectivity index (χ1n) is 12.9. The van der Waals surface area contributed by atoms with Crippen molar-refractivity contribution in [1.82, 2.24) is 15.5 Å². The molecule has 206 valence electrons. The van der Waals surface area contributed by atoms with Crippen molar-refractivity contribution in [2.24, 2.45) is 5.73 Å². The highest BCUT2D eigenvalue weighted by Crippen LogP contribution is 2.24. The molecular weight excluding hydrogens is 534 g/mol. The number of carbonyl (C=O) groups excluding carboxylic acids is 2. The molecule has 5 N–H and O–H groups in total. The number of nitrogens with two attached hydrogens (primary N) is 1. The van der Waals surface area contributed by atoms with E-state index < -0.39 is 12.1 Å². The third-order valence-electron chi connectivity index (χ3n) is 6.86. The number of rotatable bonds is 12. The van der Waals surface area contributed by atoms with Crippen LogP contribution < -0.4 is 16.4 Å². The fourth-order valence-corrected chi connectivity index (χ4v) is 5.61. The number of nitrogens with one attached hydrogen (secondary N) is 3. The molecule has 4 rings (SSSR count). The molecule has 2 aromatic carbocycles. The molecule has 0 radical (unpaired) electrons. The monoisotopic (exact) mass is 567 g/mol. The highest BCUT2D eigenvalue weighted by atomic mass is 35.5. The van der Waals surface area contributed by atoms with Crippen molar-refractivity contribution in [3.63, 3.8) is 0 Å². The number of hydrogen-bond acceptors (Lipinski definition) is 6. The van der Waals surface area contributed by atoms with Gasteiger partial charge in [-0.05, 0) is 49.2 Å². The fraction of sp³-hybridized carbons (Fsp3) is 0.345. The number of amides is 2. The number of thiophene rings is 1. The minimum absolute atomic E-state index is 0.00863. The zero-order valence-electron chi connectivity index (χ0n) is 21.9. The smallest absolute Gasteiger partial charge is 0.243 e. The molecule has 2 amide bonds.